The van der Waals surface area contributed by atoms with Crippen LogP contribution in [0.5, 0.6) is 0 Å². The molecule has 0 radical (unpaired) electrons. The summed E-state index contributed by atoms with van der Waals surface area (Å²) in [5.74, 6) is -0.235. The van der Waals surface area contributed by atoms with Gasteiger partial charge >= 0.3 is 6.09 Å². The molecule has 1 aromatic heterocycles. The average molecular weight is 451 g/mol. The lowest BCUT2D eigenvalue weighted by molar-refractivity contribution is -0.132. The van der Waals surface area contributed by atoms with Crippen molar-refractivity contribution in [1.29, 1.82) is 0 Å². The minimum Gasteiger partial charge on any atom is -0.450 e. The molecule has 1 fully saturated rings. The van der Waals surface area contributed by atoms with Gasteiger partial charge in [0.15, 0.2) is 5.13 Å². The van der Waals surface area contributed by atoms with Crippen LogP contribution in [0, 0.1) is 0 Å². The van der Waals surface area contributed by atoms with Gasteiger partial charge < -0.3 is 14.5 Å². The largest absolute Gasteiger partial charge is 0.450 e. The molecule has 3 rings (SSSR count). The van der Waals surface area contributed by atoms with E-state index in [1.807, 2.05) is 5.38 Å². The topological polar surface area (TPSA) is 91.8 Å². The van der Waals surface area contributed by atoms with Crippen LogP contribution >= 0.6 is 22.9 Å². The first-order valence-corrected chi connectivity index (χ1v) is 10.9. The zero-order valence-electron chi connectivity index (χ0n) is 16.6. The van der Waals surface area contributed by atoms with Crippen molar-refractivity contribution in [2.24, 2.45) is 0 Å². The second-order valence-electron chi connectivity index (χ2n) is 6.67. The Bertz CT molecular complexity index is 894. The molecule has 8 nitrogen and oxygen atoms in total. The number of hydrogen-bond donors (Lipinski definition) is 1. The Hall–Kier alpha value is -2.65. The zero-order chi connectivity index (χ0) is 21.5. The Morgan fingerprint density at radius 3 is 2.47 bits per heavy atom. The van der Waals surface area contributed by atoms with Gasteiger partial charge in [-0.25, -0.2) is 9.78 Å². The predicted octanol–water partition coefficient (Wildman–Crippen LogP) is 3.28. The maximum absolute atomic E-state index is 12.5. The van der Waals surface area contributed by atoms with Crippen molar-refractivity contribution in [3.8, 4) is 0 Å². The maximum atomic E-state index is 12.5. The van der Waals surface area contributed by atoms with Gasteiger partial charge in [0.05, 0.1) is 12.3 Å². The number of nitrogens with one attached hydrogen (secondary N) is 1. The molecule has 160 valence electrons. The predicted molar refractivity (Wildman–Crippen MR) is 115 cm³/mol. The number of aromatic nitrogens is 1. The first-order chi connectivity index (χ1) is 14.5. The number of hydrogen-bond acceptors (Lipinski definition) is 6. The van der Waals surface area contributed by atoms with E-state index in [9.17, 15) is 14.4 Å². The second kappa shape index (κ2) is 10.4. The van der Waals surface area contributed by atoms with Gasteiger partial charge in [0.1, 0.15) is 0 Å². The molecule has 10 heteroatoms. The van der Waals surface area contributed by atoms with Crippen LogP contribution in [0.3, 0.4) is 0 Å². The van der Waals surface area contributed by atoms with E-state index in [0.717, 1.165) is 5.69 Å². The summed E-state index contributed by atoms with van der Waals surface area (Å²) in [7, 11) is 0. The lowest BCUT2D eigenvalue weighted by Gasteiger charge is -2.34. The lowest BCUT2D eigenvalue weighted by Crippen LogP contribution is -2.50. The number of piperazine rings is 1. The van der Waals surface area contributed by atoms with E-state index in [1.54, 1.807) is 41.0 Å². The summed E-state index contributed by atoms with van der Waals surface area (Å²) in [6.45, 7) is 4.05. The molecule has 0 saturated carbocycles. The van der Waals surface area contributed by atoms with Gasteiger partial charge in [-0.3, -0.25) is 14.9 Å². The summed E-state index contributed by atoms with van der Waals surface area (Å²) in [5.41, 5.74) is 1.25. The molecular formula is C20H23ClN4O4S. The van der Waals surface area contributed by atoms with Crippen molar-refractivity contribution in [3.05, 3.63) is 45.9 Å². The van der Waals surface area contributed by atoms with Crippen LogP contribution in [0.15, 0.2) is 29.6 Å². The van der Waals surface area contributed by atoms with Crippen molar-refractivity contribution in [2.75, 3.05) is 38.1 Å². The second-order valence-corrected chi connectivity index (χ2v) is 7.97. The van der Waals surface area contributed by atoms with Crippen molar-refractivity contribution in [3.63, 3.8) is 0 Å². The number of carbonyl (C=O) groups excluding carboxylic acids is 3. The molecular weight excluding hydrogens is 428 g/mol. The Balaban J connectivity index is 1.44. The van der Waals surface area contributed by atoms with Crippen molar-refractivity contribution in [1.82, 2.24) is 14.8 Å². The highest BCUT2D eigenvalue weighted by Gasteiger charge is 2.24. The molecule has 0 unspecified atom stereocenters. The van der Waals surface area contributed by atoms with Crippen LogP contribution in [0.25, 0.3) is 0 Å². The number of thiazole rings is 1. The molecule has 2 aromatic rings. The molecule has 1 aliphatic rings. The van der Waals surface area contributed by atoms with E-state index in [2.05, 4.69) is 10.3 Å². The molecule has 2 heterocycles. The van der Waals surface area contributed by atoms with Crippen LogP contribution in [0.1, 0.15) is 29.4 Å². The summed E-state index contributed by atoms with van der Waals surface area (Å²) in [4.78, 5) is 44.2. The number of amides is 3. The molecule has 1 saturated heterocycles. The average Bonchev–Trinajstić information content (AvgIpc) is 3.20. The summed E-state index contributed by atoms with van der Waals surface area (Å²) >= 11 is 7.15. The van der Waals surface area contributed by atoms with Crippen LogP contribution in [0.2, 0.25) is 5.02 Å². The normalized spacial score (nSPS) is 13.8. The minimum absolute atomic E-state index is 0.0262. The summed E-state index contributed by atoms with van der Waals surface area (Å²) < 4.78 is 4.99. The highest BCUT2D eigenvalue weighted by Crippen LogP contribution is 2.19. The van der Waals surface area contributed by atoms with Crippen molar-refractivity contribution >= 4 is 46.0 Å². The van der Waals surface area contributed by atoms with Gasteiger partial charge in [0.2, 0.25) is 5.91 Å². The number of carbonyl (C=O) groups is 3. The quantitative estimate of drug-likeness (QED) is 0.729. The van der Waals surface area contributed by atoms with Gasteiger partial charge in [0.25, 0.3) is 5.91 Å². The monoisotopic (exact) mass is 450 g/mol. The van der Waals surface area contributed by atoms with Gasteiger partial charge in [0, 0.05) is 48.6 Å². The van der Waals surface area contributed by atoms with E-state index in [-0.39, 0.29) is 17.9 Å². The summed E-state index contributed by atoms with van der Waals surface area (Å²) in [6.07, 6.45) is 0.484. The fourth-order valence-corrected chi connectivity index (χ4v) is 3.86. The zero-order valence-corrected chi connectivity index (χ0v) is 18.2. The number of halogens is 1. The van der Waals surface area contributed by atoms with Crippen LogP contribution in [-0.2, 0) is 16.0 Å². The maximum Gasteiger partial charge on any atom is 0.409 e. The van der Waals surface area contributed by atoms with Gasteiger partial charge in [-0.1, -0.05) is 11.6 Å². The first kappa shape index (κ1) is 22.0. The summed E-state index contributed by atoms with van der Waals surface area (Å²) in [6, 6.07) is 6.60. The third kappa shape index (κ3) is 5.93. The third-order valence-corrected chi connectivity index (χ3v) is 5.69. The first-order valence-electron chi connectivity index (χ1n) is 9.67. The number of anilines is 1. The van der Waals surface area contributed by atoms with Crippen molar-refractivity contribution in [2.45, 2.75) is 19.8 Å². The molecule has 1 N–H and O–H groups in total. The Kier molecular flexibility index (Phi) is 7.64. The number of nitrogens with zero attached hydrogens (tertiary/aromatic N) is 3. The van der Waals surface area contributed by atoms with E-state index in [1.165, 1.54) is 11.3 Å². The molecule has 0 spiro atoms. The van der Waals surface area contributed by atoms with Crippen molar-refractivity contribution < 1.29 is 19.1 Å². The highest BCUT2D eigenvalue weighted by molar-refractivity contribution is 7.14. The Morgan fingerprint density at radius 2 is 1.80 bits per heavy atom. The number of aryl methyl sites for hydroxylation is 1. The fraction of sp³-hybridized carbons (Fsp3) is 0.400. The highest BCUT2D eigenvalue weighted by atomic mass is 35.5. The molecule has 30 heavy (non-hydrogen) atoms. The minimum atomic E-state index is -0.333. The van der Waals surface area contributed by atoms with E-state index >= 15 is 0 Å². The molecule has 1 aromatic carbocycles. The van der Waals surface area contributed by atoms with Gasteiger partial charge in [-0.2, -0.15) is 0 Å². The molecule has 0 aliphatic carbocycles. The standard InChI is InChI=1S/C20H23ClN4O4S/c1-2-29-20(28)25-11-9-24(10-12-25)17(26)8-7-16-13-30-19(22-16)23-18(27)14-3-5-15(21)6-4-14/h3-6,13H,2,7-12H2,1H3,(H,22,23,27). The number of ether oxygens (including phenoxy) is 1. The molecule has 0 atom stereocenters. The van der Waals surface area contributed by atoms with Gasteiger partial charge in [-0.05, 0) is 37.6 Å². The molecule has 1 aliphatic heterocycles. The fourth-order valence-electron chi connectivity index (χ4n) is 3.00. The molecule has 0 bridgehead atoms. The summed E-state index contributed by atoms with van der Waals surface area (Å²) in [5, 5.41) is 5.64. The lowest BCUT2D eigenvalue weighted by atomic mass is 10.2. The van der Waals surface area contributed by atoms with E-state index < -0.39 is 0 Å². The smallest absolute Gasteiger partial charge is 0.409 e. The Labute approximate surface area is 183 Å². The van der Waals surface area contributed by atoms with Crippen LogP contribution < -0.4 is 5.32 Å². The van der Waals surface area contributed by atoms with E-state index in [0.29, 0.717) is 61.3 Å². The van der Waals surface area contributed by atoms with E-state index in [4.69, 9.17) is 16.3 Å². The van der Waals surface area contributed by atoms with Crippen LogP contribution in [0.4, 0.5) is 9.93 Å². The third-order valence-electron chi connectivity index (χ3n) is 4.63. The SMILES string of the molecule is CCOC(=O)N1CCN(C(=O)CCc2csc(NC(=O)c3ccc(Cl)cc3)n2)CC1. The van der Waals surface area contributed by atoms with Gasteiger partial charge in [-0.15, -0.1) is 11.3 Å². The van der Waals surface area contributed by atoms with Crippen LogP contribution in [-0.4, -0.2) is 65.5 Å². The number of benzene rings is 1. The Morgan fingerprint density at radius 1 is 1.13 bits per heavy atom. The molecule has 3 amide bonds. The number of rotatable bonds is 6.